The van der Waals surface area contributed by atoms with Crippen LogP contribution in [0.2, 0.25) is 0 Å². The van der Waals surface area contributed by atoms with Gasteiger partial charge < -0.3 is 10.0 Å². The van der Waals surface area contributed by atoms with Gasteiger partial charge in [-0.1, -0.05) is 24.3 Å². The molecular formula is C21H25F3N2O6S3. The van der Waals surface area contributed by atoms with Crippen LogP contribution in [0, 0.1) is 0 Å². The molecule has 1 aliphatic heterocycles. The molecule has 2 aromatic rings. The average Bonchev–Trinajstić information content (AvgIpc) is 2.76. The molecule has 35 heavy (non-hydrogen) atoms. The third-order valence-electron chi connectivity index (χ3n) is 5.72. The van der Waals surface area contributed by atoms with Crippen molar-refractivity contribution in [3.8, 4) is 0 Å². The van der Waals surface area contributed by atoms with Crippen molar-refractivity contribution >= 4 is 38.5 Å². The Morgan fingerprint density at radius 2 is 1.66 bits per heavy atom. The highest BCUT2D eigenvalue weighted by Crippen LogP contribution is 2.39. The highest BCUT2D eigenvalue weighted by molar-refractivity contribution is 7.90. The molecule has 0 amide bonds. The third kappa shape index (κ3) is 6.12. The maximum atomic E-state index is 13.2. The molecule has 0 aromatic heterocycles. The lowest BCUT2D eigenvalue weighted by molar-refractivity contribution is -0.258. The molecule has 1 N–H and O–H groups in total. The van der Waals surface area contributed by atoms with Gasteiger partial charge >= 0.3 is 6.18 Å². The largest absolute Gasteiger partial charge is 0.421 e. The summed E-state index contributed by atoms with van der Waals surface area (Å²) in [6, 6.07) is 10.3. The number of benzene rings is 2. The summed E-state index contributed by atoms with van der Waals surface area (Å²) in [6.07, 6.45) is -4.02. The van der Waals surface area contributed by atoms with Gasteiger partial charge in [-0.05, 0) is 36.8 Å². The minimum atomic E-state index is -4.89. The zero-order valence-corrected chi connectivity index (χ0v) is 21.3. The Labute approximate surface area is 207 Å². The van der Waals surface area contributed by atoms with Crippen molar-refractivity contribution in [3.63, 3.8) is 0 Å². The van der Waals surface area contributed by atoms with E-state index in [-0.39, 0.29) is 41.6 Å². The average molecular weight is 555 g/mol. The highest BCUT2D eigenvalue weighted by Gasteiger charge is 2.51. The minimum Gasteiger partial charge on any atom is -0.376 e. The van der Waals surface area contributed by atoms with Gasteiger partial charge in [0, 0.05) is 30.2 Å². The number of thiol groups is 1. The zero-order valence-electron chi connectivity index (χ0n) is 18.8. The summed E-state index contributed by atoms with van der Waals surface area (Å²) in [5.41, 5.74) is -3.01. The van der Waals surface area contributed by atoms with Gasteiger partial charge in [-0.3, -0.25) is 4.18 Å². The number of piperazine rings is 1. The van der Waals surface area contributed by atoms with Crippen LogP contribution in [0.1, 0.15) is 12.5 Å². The van der Waals surface area contributed by atoms with E-state index in [1.165, 1.54) is 28.6 Å². The van der Waals surface area contributed by atoms with E-state index in [4.69, 9.17) is 4.18 Å². The fraction of sp³-hybridized carbons (Fsp3) is 0.429. The quantitative estimate of drug-likeness (QED) is 0.401. The molecule has 0 saturated carbocycles. The van der Waals surface area contributed by atoms with E-state index in [1.54, 1.807) is 17.0 Å². The summed E-state index contributed by atoms with van der Waals surface area (Å²) in [5, 5.41) is 9.90. The molecule has 0 spiro atoms. The van der Waals surface area contributed by atoms with E-state index in [9.17, 15) is 35.1 Å². The second-order valence-corrected chi connectivity index (χ2v) is 12.3. The molecule has 0 bridgehead atoms. The molecule has 2 aromatic carbocycles. The standard InChI is InChI=1S/C21H25F3N2O6S3/c1-20(27,21(22,23)24)15-7-9-16(10-8-15)26-12-11-25(13-17(26)14-32-34(2,28)29)35(30,31)19-6-4-3-5-18(19)33/h3-10,17,27,33H,11-14H2,1-2H3/t17-,20?/m1/s1. The first-order valence-corrected chi connectivity index (χ1v) is 14.0. The number of nitrogens with zero attached hydrogens (tertiary/aromatic N) is 2. The molecule has 0 aliphatic carbocycles. The second-order valence-electron chi connectivity index (χ2n) is 8.28. The summed E-state index contributed by atoms with van der Waals surface area (Å²) in [5.74, 6) is 0. The van der Waals surface area contributed by atoms with Gasteiger partial charge in [-0.15, -0.1) is 12.6 Å². The molecule has 1 heterocycles. The molecule has 14 heteroatoms. The molecular weight excluding hydrogens is 529 g/mol. The fourth-order valence-corrected chi connectivity index (χ4v) is 6.15. The minimum absolute atomic E-state index is 0.00157. The topological polar surface area (TPSA) is 104 Å². The number of sulfonamides is 1. The van der Waals surface area contributed by atoms with Crippen molar-refractivity contribution in [2.45, 2.75) is 34.5 Å². The van der Waals surface area contributed by atoms with Gasteiger partial charge in [-0.2, -0.15) is 25.9 Å². The molecule has 194 valence electrons. The van der Waals surface area contributed by atoms with Crippen LogP contribution in [0.4, 0.5) is 18.9 Å². The van der Waals surface area contributed by atoms with Gasteiger partial charge in [-0.25, -0.2) is 8.42 Å². The van der Waals surface area contributed by atoms with Gasteiger partial charge in [0.05, 0.1) is 23.8 Å². The molecule has 8 nitrogen and oxygen atoms in total. The van der Waals surface area contributed by atoms with Crippen molar-refractivity contribution < 1.29 is 39.3 Å². The summed E-state index contributed by atoms with van der Waals surface area (Å²) < 4.78 is 95.3. The molecule has 1 aliphatic rings. The maximum absolute atomic E-state index is 13.2. The fourth-order valence-electron chi connectivity index (χ4n) is 3.69. The first kappa shape index (κ1) is 27.7. The lowest BCUT2D eigenvalue weighted by Gasteiger charge is -2.42. The number of alkyl halides is 3. The number of halogens is 3. The first-order chi connectivity index (χ1) is 16.0. The van der Waals surface area contributed by atoms with E-state index in [2.05, 4.69) is 12.6 Å². The summed E-state index contributed by atoms with van der Waals surface area (Å²) in [4.78, 5) is 1.92. The molecule has 1 fully saturated rings. The third-order valence-corrected chi connectivity index (χ3v) is 8.74. The Bertz CT molecular complexity index is 1270. The Hall–Kier alpha value is -1.84. The number of hydrogen-bond donors (Lipinski definition) is 2. The van der Waals surface area contributed by atoms with E-state index < -0.39 is 38.0 Å². The highest BCUT2D eigenvalue weighted by atomic mass is 32.2. The van der Waals surface area contributed by atoms with Crippen LogP contribution in [0.5, 0.6) is 0 Å². The van der Waals surface area contributed by atoms with Crippen molar-refractivity contribution in [1.82, 2.24) is 4.31 Å². The summed E-state index contributed by atoms with van der Waals surface area (Å²) >= 11 is 4.22. The number of anilines is 1. The van der Waals surface area contributed by atoms with Crippen molar-refractivity contribution in [2.24, 2.45) is 0 Å². The van der Waals surface area contributed by atoms with Gasteiger partial charge in [0.2, 0.25) is 10.0 Å². The smallest absolute Gasteiger partial charge is 0.376 e. The van der Waals surface area contributed by atoms with Gasteiger partial charge in [0.15, 0.2) is 5.60 Å². The normalized spacial score (nSPS) is 20.0. The number of rotatable bonds is 7. The van der Waals surface area contributed by atoms with Crippen molar-refractivity contribution in [3.05, 3.63) is 54.1 Å². The van der Waals surface area contributed by atoms with E-state index in [1.807, 2.05) is 0 Å². The summed E-state index contributed by atoms with van der Waals surface area (Å²) in [7, 11) is -7.81. The molecule has 1 unspecified atom stereocenters. The van der Waals surface area contributed by atoms with Crippen LogP contribution in [0.15, 0.2) is 58.3 Å². The summed E-state index contributed by atoms with van der Waals surface area (Å²) in [6.45, 7) is 0.271. The first-order valence-electron chi connectivity index (χ1n) is 10.3. The van der Waals surface area contributed by atoms with Crippen LogP contribution < -0.4 is 4.90 Å². The lowest BCUT2D eigenvalue weighted by atomic mass is 9.95. The predicted molar refractivity (Wildman–Crippen MR) is 126 cm³/mol. The zero-order chi connectivity index (χ0) is 26.2. The Balaban J connectivity index is 1.90. The number of aliphatic hydroxyl groups is 1. The van der Waals surface area contributed by atoms with Crippen molar-refractivity contribution in [2.75, 3.05) is 37.4 Å². The van der Waals surface area contributed by atoms with Crippen molar-refractivity contribution in [1.29, 1.82) is 0 Å². The molecule has 0 radical (unpaired) electrons. The number of hydrogen-bond acceptors (Lipinski definition) is 8. The van der Waals surface area contributed by atoms with Crippen LogP contribution in [-0.2, 0) is 29.9 Å². The second kappa shape index (κ2) is 9.90. The van der Waals surface area contributed by atoms with Gasteiger partial charge in [0.1, 0.15) is 0 Å². The molecule has 1 saturated heterocycles. The van der Waals surface area contributed by atoms with Crippen LogP contribution in [0.25, 0.3) is 0 Å². The van der Waals surface area contributed by atoms with Crippen LogP contribution in [-0.4, -0.2) is 71.0 Å². The van der Waals surface area contributed by atoms with E-state index in [0.29, 0.717) is 12.6 Å². The predicted octanol–water partition coefficient (Wildman–Crippen LogP) is 2.60. The van der Waals surface area contributed by atoms with Crippen LogP contribution in [0.3, 0.4) is 0 Å². The Morgan fingerprint density at radius 1 is 1.06 bits per heavy atom. The Morgan fingerprint density at radius 3 is 2.20 bits per heavy atom. The van der Waals surface area contributed by atoms with E-state index in [0.717, 1.165) is 18.4 Å². The van der Waals surface area contributed by atoms with Gasteiger partial charge in [0.25, 0.3) is 10.1 Å². The lowest BCUT2D eigenvalue weighted by Crippen LogP contribution is -2.56. The van der Waals surface area contributed by atoms with Crippen LogP contribution >= 0.6 is 12.6 Å². The van der Waals surface area contributed by atoms with E-state index >= 15 is 0 Å². The monoisotopic (exact) mass is 554 g/mol. The SMILES string of the molecule is CC(O)(c1ccc(N2CCN(S(=O)(=O)c3ccccc3S)C[C@@H]2COS(C)(=O)=O)cc1)C(F)(F)F. The Kier molecular flexibility index (Phi) is 7.85. The molecule has 2 atom stereocenters. The molecule has 3 rings (SSSR count). The maximum Gasteiger partial charge on any atom is 0.421 e.